The number of pyridine rings is 1. The van der Waals surface area contributed by atoms with Gasteiger partial charge in [0.15, 0.2) is 5.89 Å². The lowest BCUT2D eigenvalue weighted by molar-refractivity contribution is -0.123. The number of nitrogens with two attached hydrogens (primary N) is 1. The Morgan fingerprint density at radius 1 is 1.20 bits per heavy atom. The fourth-order valence-electron chi connectivity index (χ4n) is 4.64. The van der Waals surface area contributed by atoms with Crippen LogP contribution in [0.3, 0.4) is 0 Å². The van der Waals surface area contributed by atoms with Crippen molar-refractivity contribution in [3.8, 4) is 34.0 Å². The molecule has 4 N–H and O–H groups in total. The summed E-state index contributed by atoms with van der Waals surface area (Å²) >= 11 is 0. The fraction of sp³-hybridized carbons (Fsp3) is 0.267. The van der Waals surface area contributed by atoms with Gasteiger partial charge in [-0.05, 0) is 62.4 Å². The molecule has 0 saturated heterocycles. The van der Waals surface area contributed by atoms with Crippen molar-refractivity contribution in [1.82, 2.24) is 15.3 Å². The number of aromatic nitrogens is 2. The van der Waals surface area contributed by atoms with E-state index < -0.39 is 28.6 Å². The van der Waals surface area contributed by atoms with Crippen LogP contribution < -0.4 is 20.5 Å². The summed E-state index contributed by atoms with van der Waals surface area (Å²) < 4.78 is 30.2. The molecule has 0 unspecified atom stereocenters. The van der Waals surface area contributed by atoms with Gasteiger partial charge in [0.2, 0.25) is 5.91 Å². The van der Waals surface area contributed by atoms with E-state index >= 15 is 0 Å². The van der Waals surface area contributed by atoms with Crippen molar-refractivity contribution >= 4 is 11.8 Å². The molecular weight excluding hydrogens is 531 g/mol. The molecule has 2 aromatic heterocycles. The first-order valence-electron chi connectivity index (χ1n) is 12.8. The zero-order chi connectivity index (χ0) is 29.5. The molecule has 10 nitrogen and oxygen atoms in total. The monoisotopic (exact) mass is 560 g/mol. The quantitative estimate of drug-likeness (QED) is 0.296. The smallest absolute Gasteiger partial charge is 0.251 e. The fourth-order valence-corrected chi connectivity index (χ4v) is 4.64. The Morgan fingerprint density at radius 3 is 2.56 bits per heavy atom. The van der Waals surface area contributed by atoms with Crippen molar-refractivity contribution < 1.29 is 33.0 Å². The molecule has 0 saturated carbocycles. The predicted octanol–water partition coefficient (Wildman–Crippen LogP) is 3.63. The van der Waals surface area contributed by atoms with E-state index in [0.717, 1.165) is 0 Å². The first-order valence-corrected chi connectivity index (χ1v) is 12.8. The van der Waals surface area contributed by atoms with Crippen LogP contribution in [0.25, 0.3) is 22.5 Å². The number of rotatable bonds is 8. The molecule has 2 aromatic carbocycles. The normalized spacial score (nSPS) is 17.3. The summed E-state index contributed by atoms with van der Waals surface area (Å²) in [7, 11) is 1.49. The van der Waals surface area contributed by atoms with E-state index in [1.54, 1.807) is 38.1 Å². The highest BCUT2D eigenvalue weighted by atomic mass is 19.1. The Hall–Kier alpha value is -4.77. The van der Waals surface area contributed by atoms with Crippen LogP contribution in [0.15, 0.2) is 59.2 Å². The second-order valence-corrected chi connectivity index (χ2v) is 10.3. The minimum atomic E-state index is -1.68. The van der Waals surface area contributed by atoms with Gasteiger partial charge in [-0.25, -0.2) is 14.4 Å². The number of nitrogens with one attached hydrogen (secondary N) is 1. The molecule has 0 bridgehead atoms. The zero-order valence-electron chi connectivity index (χ0n) is 22.9. The summed E-state index contributed by atoms with van der Waals surface area (Å²) in [4.78, 5) is 34.4. The van der Waals surface area contributed by atoms with Crippen LogP contribution >= 0.6 is 0 Å². The van der Waals surface area contributed by atoms with Crippen LogP contribution in [0.2, 0.25) is 0 Å². The van der Waals surface area contributed by atoms with Crippen LogP contribution in [-0.2, 0) is 15.8 Å². The summed E-state index contributed by atoms with van der Waals surface area (Å²) in [6.45, 7) is 4.63. The molecule has 11 heteroatoms. The Bertz CT molecular complexity index is 1650. The zero-order valence-corrected chi connectivity index (χ0v) is 22.9. The summed E-state index contributed by atoms with van der Waals surface area (Å²) in [6, 6.07) is 12.0. The van der Waals surface area contributed by atoms with Gasteiger partial charge in [-0.2, -0.15) is 0 Å². The molecule has 2 atom stereocenters. The highest BCUT2D eigenvalue weighted by Crippen LogP contribution is 2.45. The van der Waals surface area contributed by atoms with Crippen molar-refractivity contribution in [3.63, 3.8) is 0 Å². The number of aryl methyl sites for hydroxylation is 1. The van der Waals surface area contributed by atoms with Crippen molar-refractivity contribution in [2.45, 2.75) is 31.8 Å². The Kier molecular flexibility index (Phi) is 7.00. The molecule has 0 aliphatic carbocycles. The second-order valence-electron chi connectivity index (χ2n) is 10.3. The van der Waals surface area contributed by atoms with Crippen LogP contribution in [0.4, 0.5) is 4.39 Å². The van der Waals surface area contributed by atoms with Gasteiger partial charge < -0.3 is 30.0 Å². The molecule has 41 heavy (non-hydrogen) atoms. The van der Waals surface area contributed by atoms with Gasteiger partial charge >= 0.3 is 0 Å². The molecule has 5 rings (SSSR count). The average molecular weight is 561 g/mol. The molecule has 212 valence electrons. The number of hydrogen-bond donors (Lipinski definition) is 3. The number of methoxy groups -OCH3 is 1. The minimum Gasteiger partial charge on any atom is -0.496 e. The highest BCUT2D eigenvalue weighted by Gasteiger charge is 2.45. The van der Waals surface area contributed by atoms with Crippen LogP contribution in [0.1, 0.15) is 41.4 Å². The first-order chi connectivity index (χ1) is 19.4. The number of nitrogens with zero attached hydrogens (tertiary/aromatic N) is 2. The molecular formula is C30H29FN4O6. The van der Waals surface area contributed by atoms with Gasteiger partial charge in [0.25, 0.3) is 5.91 Å². The number of carbonyl (C=O) groups excluding carboxylic acids is 2. The van der Waals surface area contributed by atoms with E-state index in [2.05, 4.69) is 15.3 Å². The van der Waals surface area contributed by atoms with E-state index in [1.165, 1.54) is 44.6 Å². The van der Waals surface area contributed by atoms with Crippen LogP contribution in [0.5, 0.6) is 11.5 Å². The number of hydrogen-bond acceptors (Lipinski definition) is 8. The maximum absolute atomic E-state index is 13.6. The SMILES string of the molecule is COc1cc(C(=O)NC[C@](C)(O)c2cc3c(c(-c4ccc(F)cc4)n2)OC[C@]3(C)C(N)=O)ccc1-c1coc(C)n1. The number of fused-ring (bicyclic) bond motifs is 1. The second kappa shape index (κ2) is 10.3. The number of carbonyl (C=O) groups is 2. The Balaban J connectivity index is 1.44. The van der Waals surface area contributed by atoms with Gasteiger partial charge in [-0.3, -0.25) is 9.59 Å². The molecule has 1 aliphatic rings. The van der Waals surface area contributed by atoms with Crippen molar-refractivity contribution in [3.05, 3.63) is 83.3 Å². The summed E-state index contributed by atoms with van der Waals surface area (Å²) in [6.07, 6.45) is 1.50. The third-order valence-corrected chi connectivity index (χ3v) is 7.24. The Labute approximate surface area is 235 Å². The molecule has 3 heterocycles. The predicted molar refractivity (Wildman–Crippen MR) is 147 cm³/mol. The number of benzene rings is 2. The highest BCUT2D eigenvalue weighted by molar-refractivity contribution is 5.95. The van der Waals surface area contributed by atoms with Gasteiger partial charge in [0, 0.05) is 29.2 Å². The molecule has 1 aliphatic heterocycles. The number of halogens is 1. The van der Waals surface area contributed by atoms with E-state index in [1.807, 2.05) is 0 Å². The van der Waals surface area contributed by atoms with E-state index in [4.69, 9.17) is 19.6 Å². The molecule has 2 amide bonds. The molecule has 0 fully saturated rings. The molecule has 4 aromatic rings. The topological polar surface area (TPSA) is 150 Å². The molecule has 0 radical (unpaired) electrons. The number of primary amides is 1. The summed E-state index contributed by atoms with van der Waals surface area (Å²) in [5.74, 6) is -0.249. The van der Waals surface area contributed by atoms with E-state index in [-0.39, 0.29) is 18.8 Å². The third kappa shape index (κ3) is 5.11. The maximum atomic E-state index is 13.6. The summed E-state index contributed by atoms with van der Waals surface area (Å²) in [5, 5.41) is 14.2. The van der Waals surface area contributed by atoms with E-state index in [0.29, 0.717) is 51.0 Å². The van der Waals surface area contributed by atoms with Crippen LogP contribution in [0, 0.1) is 12.7 Å². The largest absolute Gasteiger partial charge is 0.496 e. The number of ether oxygens (including phenoxy) is 2. The number of amides is 2. The van der Waals surface area contributed by atoms with Crippen LogP contribution in [-0.4, -0.2) is 47.2 Å². The summed E-state index contributed by atoms with van der Waals surface area (Å²) in [5.41, 5.74) is 5.84. The average Bonchev–Trinajstić information content (AvgIpc) is 3.55. The lowest BCUT2D eigenvalue weighted by Gasteiger charge is -2.26. The number of oxazole rings is 1. The van der Waals surface area contributed by atoms with Crippen molar-refractivity contribution in [1.29, 1.82) is 0 Å². The molecule has 0 spiro atoms. The lowest BCUT2D eigenvalue weighted by Crippen LogP contribution is -2.41. The van der Waals surface area contributed by atoms with Gasteiger partial charge in [-0.15, -0.1) is 0 Å². The number of aliphatic hydroxyl groups is 1. The maximum Gasteiger partial charge on any atom is 0.251 e. The Morgan fingerprint density at radius 2 is 1.93 bits per heavy atom. The first kappa shape index (κ1) is 27.8. The minimum absolute atomic E-state index is 0.0123. The van der Waals surface area contributed by atoms with E-state index in [9.17, 15) is 19.1 Å². The van der Waals surface area contributed by atoms with Gasteiger partial charge in [0.05, 0.1) is 19.3 Å². The van der Waals surface area contributed by atoms with Gasteiger partial charge in [0.1, 0.15) is 52.6 Å². The van der Waals surface area contributed by atoms with Gasteiger partial charge in [-0.1, -0.05) is 0 Å². The standard InChI is InChI=1S/C30H29FN4O6/c1-16-34-22(13-40-16)20-10-7-18(11-23(20)39-4)27(36)33-14-30(3,38)24-12-21-26(41-15-29(21,2)28(32)37)25(35-24)17-5-8-19(31)9-6-17/h5-13,38H,14-15H2,1-4H3,(H2,32,37)(H,33,36)/t29-,30-/m0/s1. The van der Waals surface area contributed by atoms with Crippen molar-refractivity contribution in [2.24, 2.45) is 5.73 Å². The van der Waals surface area contributed by atoms with Crippen molar-refractivity contribution in [2.75, 3.05) is 20.3 Å². The third-order valence-electron chi connectivity index (χ3n) is 7.24. The lowest BCUT2D eigenvalue weighted by atomic mass is 9.82.